The lowest BCUT2D eigenvalue weighted by atomic mass is 9.98. The zero-order chi connectivity index (χ0) is 11.3. The van der Waals surface area contributed by atoms with Crippen molar-refractivity contribution < 1.29 is 0 Å². The molecule has 0 aromatic rings. The van der Waals surface area contributed by atoms with Gasteiger partial charge < -0.3 is 5.32 Å². The average molecular weight is 242 g/mol. The van der Waals surface area contributed by atoms with E-state index in [-0.39, 0.29) is 0 Å². The maximum Gasteiger partial charge on any atom is 0.0284 e. The van der Waals surface area contributed by atoms with E-state index in [2.05, 4.69) is 28.2 Å². The summed E-state index contributed by atoms with van der Waals surface area (Å²) in [6, 6.07) is 0. The summed E-state index contributed by atoms with van der Waals surface area (Å²) in [5, 5.41) is 3.45. The van der Waals surface area contributed by atoms with Crippen LogP contribution >= 0.6 is 11.8 Å². The van der Waals surface area contributed by atoms with Crippen molar-refractivity contribution in [1.82, 2.24) is 10.2 Å². The molecule has 0 bridgehead atoms. The van der Waals surface area contributed by atoms with E-state index in [1.807, 2.05) is 0 Å². The van der Waals surface area contributed by atoms with Gasteiger partial charge in [-0.3, -0.25) is 4.90 Å². The van der Waals surface area contributed by atoms with Gasteiger partial charge in [-0.1, -0.05) is 25.7 Å². The Labute approximate surface area is 105 Å². The van der Waals surface area contributed by atoms with Gasteiger partial charge in [-0.25, -0.2) is 0 Å². The summed E-state index contributed by atoms with van der Waals surface area (Å²) in [6.07, 6.45) is 11.0. The molecule has 3 heteroatoms. The van der Waals surface area contributed by atoms with Gasteiger partial charge in [-0.05, 0) is 19.1 Å². The van der Waals surface area contributed by atoms with Gasteiger partial charge >= 0.3 is 0 Å². The van der Waals surface area contributed by atoms with Crippen LogP contribution in [0.15, 0.2) is 0 Å². The summed E-state index contributed by atoms with van der Waals surface area (Å²) >= 11 is 2.14. The molecule has 2 rings (SSSR count). The zero-order valence-electron chi connectivity index (χ0n) is 10.6. The quantitative estimate of drug-likeness (QED) is 0.765. The SMILES string of the molecule is CSC1(CN2CCNCC2)CCCCCC1. The van der Waals surface area contributed by atoms with E-state index in [0.717, 1.165) is 0 Å². The second kappa shape index (κ2) is 6.27. The summed E-state index contributed by atoms with van der Waals surface area (Å²) in [5.74, 6) is 0. The predicted molar refractivity (Wildman–Crippen MR) is 73.3 cm³/mol. The van der Waals surface area contributed by atoms with Crippen LogP contribution in [-0.2, 0) is 0 Å². The molecule has 2 nitrogen and oxygen atoms in total. The molecule has 1 aliphatic heterocycles. The molecule has 16 heavy (non-hydrogen) atoms. The first-order valence-electron chi connectivity index (χ1n) is 6.83. The third-order valence-electron chi connectivity index (χ3n) is 4.17. The molecule has 1 saturated heterocycles. The molecule has 0 spiro atoms. The zero-order valence-corrected chi connectivity index (χ0v) is 11.5. The van der Waals surface area contributed by atoms with Crippen LogP contribution in [0.2, 0.25) is 0 Å². The van der Waals surface area contributed by atoms with Crippen molar-refractivity contribution in [1.29, 1.82) is 0 Å². The summed E-state index contributed by atoms with van der Waals surface area (Å²) in [6.45, 7) is 6.20. The molecule has 0 aromatic carbocycles. The van der Waals surface area contributed by atoms with E-state index in [9.17, 15) is 0 Å². The van der Waals surface area contributed by atoms with E-state index in [1.165, 1.54) is 71.2 Å². The van der Waals surface area contributed by atoms with Crippen LogP contribution in [0.4, 0.5) is 0 Å². The van der Waals surface area contributed by atoms with E-state index in [4.69, 9.17) is 0 Å². The molecule has 1 heterocycles. The summed E-state index contributed by atoms with van der Waals surface area (Å²) in [4.78, 5) is 2.68. The van der Waals surface area contributed by atoms with Crippen molar-refractivity contribution in [3.63, 3.8) is 0 Å². The topological polar surface area (TPSA) is 15.3 Å². The fourth-order valence-corrected chi connectivity index (χ4v) is 4.09. The number of piperazine rings is 1. The minimum Gasteiger partial charge on any atom is -0.314 e. The summed E-state index contributed by atoms with van der Waals surface area (Å²) < 4.78 is 0.577. The van der Waals surface area contributed by atoms with Gasteiger partial charge in [0.15, 0.2) is 0 Å². The standard InChI is InChI=1S/C13H26N2S/c1-16-13(6-4-2-3-5-7-13)12-15-10-8-14-9-11-15/h14H,2-12H2,1H3. The van der Waals surface area contributed by atoms with E-state index in [0.29, 0.717) is 4.75 Å². The Morgan fingerprint density at radius 1 is 1.06 bits per heavy atom. The predicted octanol–water partition coefficient (Wildman–Crippen LogP) is 2.35. The van der Waals surface area contributed by atoms with Crippen LogP contribution in [0.3, 0.4) is 0 Å². The molecular weight excluding hydrogens is 216 g/mol. The van der Waals surface area contributed by atoms with E-state index >= 15 is 0 Å². The van der Waals surface area contributed by atoms with Gasteiger partial charge in [0, 0.05) is 37.5 Å². The highest BCUT2D eigenvalue weighted by molar-refractivity contribution is 8.00. The number of nitrogens with one attached hydrogen (secondary N) is 1. The Hall–Kier alpha value is 0.270. The van der Waals surface area contributed by atoms with Crippen molar-refractivity contribution in [3.8, 4) is 0 Å². The number of nitrogens with zero attached hydrogens (tertiary/aromatic N) is 1. The third-order valence-corrected chi connectivity index (χ3v) is 5.57. The molecule has 1 aliphatic carbocycles. The molecule has 0 atom stereocenters. The summed E-state index contributed by atoms with van der Waals surface area (Å²) in [7, 11) is 0. The van der Waals surface area contributed by atoms with Gasteiger partial charge in [0.1, 0.15) is 0 Å². The van der Waals surface area contributed by atoms with Gasteiger partial charge in [0.25, 0.3) is 0 Å². The van der Waals surface area contributed by atoms with Crippen molar-refractivity contribution in [2.45, 2.75) is 43.3 Å². The smallest absolute Gasteiger partial charge is 0.0284 e. The van der Waals surface area contributed by atoms with E-state index in [1.54, 1.807) is 0 Å². The average Bonchev–Trinajstić information content (AvgIpc) is 2.57. The normalized spacial score (nSPS) is 27.6. The largest absolute Gasteiger partial charge is 0.314 e. The maximum absolute atomic E-state index is 3.45. The van der Waals surface area contributed by atoms with Crippen molar-refractivity contribution in [2.24, 2.45) is 0 Å². The molecule has 0 radical (unpaired) electrons. The van der Waals surface area contributed by atoms with Crippen molar-refractivity contribution in [3.05, 3.63) is 0 Å². The molecule has 1 N–H and O–H groups in total. The Morgan fingerprint density at radius 3 is 2.25 bits per heavy atom. The lowest BCUT2D eigenvalue weighted by Gasteiger charge is -2.38. The highest BCUT2D eigenvalue weighted by Crippen LogP contribution is 2.38. The first kappa shape index (κ1) is 12.7. The van der Waals surface area contributed by atoms with Crippen molar-refractivity contribution in [2.75, 3.05) is 39.0 Å². The number of hydrogen-bond donors (Lipinski definition) is 1. The number of rotatable bonds is 3. The monoisotopic (exact) mass is 242 g/mol. The van der Waals surface area contributed by atoms with Crippen LogP contribution in [0.1, 0.15) is 38.5 Å². The second-order valence-corrected chi connectivity index (χ2v) is 6.60. The molecule has 0 amide bonds. The highest BCUT2D eigenvalue weighted by atomic mass is 32.2. The molecule has 0 aromatic heterocycles. The van der Waals surface area contributed by atoms with Gasteiger partial charge in [0.2, 0.25) is 0 Å². The first-order chi connectivity index (χ1) is 7.85. The number of thioether (sulfide) groups is 1. The fraction of sp³-hybridized carbons (Fsp3) is 1.00. The maximum atomic E-state index is 3.45. The molecule has 2 fully saturated rings. The highest BCUT2D eigenvalue weighted by Gasteiger charge is 2.32. The second-order valence-electron chi connectivity index (χ2n) is 5.33. The Bertz CT molecular complexity index is 194. The lowest BCUT2D eigenvalue weighted by molar-refractivity contribution is 0.210. The Morgan fingerprint density at radius 2 is 1.69 bits per heavy atom. The van der Waals surface area contributed by atoms with Gasteiger partial charge in [-0.2, -0.15) is 11.8 Å². The van der Waals surface area contributed by atoms with Crippen LogP contribution in [0.5, 0.6) is 0 Å². The van der Waals surface area contributed by atoms with Crippen LogP contribution in [-0.4, -0.2) is 48.6 Å². The molecule has 2 aliphatic rings. The summed E-state index contributed by atoms with van der Waals surface area (Å²) in [5.41, 5.74) is 0. The molecular formula is C13H26N2S. The van der Waals surface area contributed by atoms with Gasteiger partial charge in [0.05, 0.1) is 0 Å². The van der Waals surface area contributed by atoms with Crippen LogP contribution in [0, 0.1) is 0 Å². The van der Waals surface area contributed by atoms with Gasteiger partial charge in [-0.15, -0.1) is 0 Å². The minimum atomic E-state index is 0.577. The molecule has 1 saturated carbocycles. The number of hydrogen-bond acceptors (Lipinski definition) is 3. The fourth-order valence-electron chi connectivity index (χ4n) is 3.08. The molecule has 94 valence electrons. The molecule has 0 unspecified atom stereocenters. The third kappa shape index (κ3) is 3.38. The van der Waals surface area contributed by atoms with E-state index < -0.39 is 0 Å². The van der Waals surface area contributed by atoms with Crippen LogP contribution < -0.4 is 5.32 Å². The Balaban J connectivity index is 1.90. The first-order valence-corrected chi connectivity index (χ1v) is 8.05. The Kier molecular flexibility index (Phi) is 4.98. The minimum absolute atomic E-state index is 0.577. The van der Waals surface area contributed by atoms with Crippen LogP contribution in [0.25, 0.3) is 0 Å². The lowest BCUT2D eigenvalue weighted by Crippen LogP contribution is -2.49. The van der Waals surface area contributed by atoms with Crippen molar-refractivity contribution >= 4 is 11.8 Å².